The summed E-state index contributed by atoms with van der Waals surface area (Å²) < 4.78 is 38.4. The van der Waals surface area contributed by atoms with Gasteiger partial charge in [0.2, 0.25) is 0 Å². The average Bonchev–Trinajstić information content (AvgIpc) is 2.83. The molecule has 2 nitrogen and oxygen atoms in total. The highest BCUT2D eigenvalue weighted by Crippen LogP contribution is 2.36. The summed E-state index contributed by atoms with van der Waals surface area (Å²) >= 11 is 0. The van der Waals surface area contributed by atoms with Crippen molar-refractivity contribution < 1.29 is 13.2 Å². The molecule has 2 aromatic carbocycles. The molecule has 126 valence electrons. The first-order valence-electron chi connectivity index (χ1n) is 7.70. The predicted molar refractivity (Wildman–Crippen MR) is 90.0 cm³/mol. The quantitative estimate of drug-likeness (QED) is 0.703. The van der Waals surface area contributed by atoms with E-state index in [0.717, 1.165) is 39.9 Å². The second kappa shape index (κ2) is 5.98. The lowest BCUT2D eigenvalue weighted by molar-refractivity contribution is -0.137. The number of nitrogens with one attached hydrogen (secondary N) is 1. The second-order valence-corrected chi connectivity index (χ2v) is 6.20. The molecule has 0 saturated heterocycles. The first kappa shape index (κ1) is 16.6. The van der Waals surface area contributed by atoms with Crippen molar-refractivity contribution in [2.75, 3.05) is 14.1 Å². The SMILES string of the molecule is Cc1[nH]c2ccccc2c1C(c1ccc(C(F)(F)F)cc1)N(C)C. The lowest BCUT2D eigenvalue weighted by Gasteiger charge is -2.26. The number of alkyl halides is 3. The number of nitrogens with zero attached hydrogens (tertiary/aromatic N) is 1. The molecule has 1 unspecified atom stereocenters. The molecular weight excluding hydrogens is 313 g/mol. The number of aromatic nitrogens is 1. The Labute approximate surface area is 138 Å². The molecular formula is C19H19F3N2. The van der Waals surface area contributed by atoms with Crippen LogP contribution < -0.4 is 0 Å². The van der Waals surface area contributed by atoms with Gasteiger partial charge in [-0.25, -0.2) is 0 Å². The lowest BCUT2D eigenvalue weighted by atomic mass is 9.94. The van der Waals surface area contributed by atoms with Crippen LogP contribution in [0.5, 0.6) is 0 Å². The Balaban J connectivity index is 2.12. The second-order valence-electron chi connectivity index (χ2n) is 6.20. The Morgan fingerprint density at radius 2 is 1.58 bits per heavy atom. The number of hydrogen-bond donors (Lipinski definition) is 1. The van der Waals surface area contributed by atoms with Crippen molar-refractivity contribution in [2.24, 2.45) is 0 Å². The number of aryl methyl sites for hydroxylation is 1. The molecule has 0 aliphatic heterocycles. The topological polar surface area (TPSA) is 19.0 Å². The van der Waals surface area contributed by atoms with Crippen molar-refractivity contribution >= 4 is 10.9 Å². The van der Waals surface area contributed by atoms with E-state index in [-0.39, 0.29) is 6.04 Å². The molecule has 0 amide bonds. The Morgan fingerprint density at radius 1 is 0.958 bits per heavy atom. The van der Waals surface area contributed by atoms with Gasteiger partial charge in [0.25, 0.3) is 0 Å². The summed E-state index contributed by atoms with van der Waals surface area (Å²) in [7, 11) is 3.87. The fourth-order valence-corrected chi connectivity index (χ4v) is 3.23. The van der Waals surface area contributed by atoms with Crippen LogP contribution in [0.3, 0.4) is 0 Å². The summed E-state index contributed by atoms with van der Waals surface area (Å²) in [6.45, 7) is 2.00. The van der Waals surface area contributed by atoms with Gasteiger partial charge in [-0.05, 0) is 44.8 Å². The van der Waals surface area contributed by atoms with Crippen molar-refractivity contribution in [3.05, 3.63) is 70.9 Å². The molecule has 3 rings (SSSR count). The van der Waals surface area contributed by atoms with E-state index in [0.29, 0.717) is 0 Å². The van der Waals surface area contributed by atoms with E-state index in [1.807, 2.05) is 50.2 Å². The summed E-state index contributed by atoms with van der Waals surface area (Å²) in [6.07, 6.45) is -4.32. The molecule has 3 aromatic rings. The number of rotatable bonds is 3. The smallest absolute Gasteiger partial charge is 0.358 e. The molecule has 0 fully saturated rings. The van der Waals surface area contributed by atoms with Crippen molar-refractivity contribution in [1.29, 1.82) is 0 Å². The molecule has 1 N–H and O–H groups in total. The van der Waals surface area contributed by atoms with Gasteiger partial charge in [-0.3, -0.25) is 4.90 Å². The molecule has 0 radical (unpaired) electrons. The zero-order chi connectivity index (χ0) is 17.5. The Hall–Kier alpha value is -2.27. The van der Waals surface area contributed by atoms with E-state index in [1.165, 1.54) is 0 Å². The predicted octanol–water partition coefficient (Wildman–Crippen LogP) is 5.15. The first-order valence-corrected chi connectivity index (χ1v) is 7.70. The molecule has 0 aliphatic rings. The van der Waals surface area contributed by atoms with Crippen LogP contribution in [0.2, 0.25) is 0 Å². The van der Waals surface area contributed by atoms with Gasteiger partial charge in [0.15, 0.2) is 0 Å². The van der Waals surface area contributed by atoms with E-state index in [1.54, 1.807) is 12.1 Å². The van der Waals surface area contributed by atoms with Gasteiger partial charge in [-0.2, -0.15) is 13.2 Å². The first-order chi connectivity index (χ1) is 11.3. The van der Waals surface area contributed by atoms with Crippen LogP contribution in [-0.4, -0.2) is 24.0 Å². The van der Waals surface area contributed by atoms with E-state index in [9.17, 15) is 13.2 Å². The van der Waals surface area contributed by atoms with Crippen molar-refractivity contribution in [1.82, 2.24) is 9.88 Å². The van der Waals surface area contributed by atoms with Crippen LogP contribution in [0.1, 0.15) is 28.4 Å². The molecule has 1 aromatic heterocycles. The molecule has 24 heavy (non-hydrogen) atoms. The summed E-state index contributed by atoms with van der Waals surface area (Å²) in [5, 5.41) is 1.09. The number of halogens is 3. The van der Waals surface area contributed by atoms with Crippen molar-refractivity contribution in [3.63, 3.8) is 0 Å². The number of aromatic amines is 1. The van der Waals surface area contributed by atoms with Crippen molar-refractivity contribution in [2.45, 2.75) is 19.1 Å². The zero-order valence-electron chi connectivity index (χ0n) is 13.8. The minimum Gasteiger partial charge on any atom is -0.358 e. The zero-order valence-corrected chi connectivity index (χ0v) is 13.8. The molecule has 0 bridgehead atoms. The third-order valence-corrected chi connectivity index (χ3v) is 4.29. The van der Waals surface area contributed by atoms with Gasteiger partial charge >= 0.3 is 6.18 Å². The summed E-state index contributed by atoms with van der Waals surface area (Å²) in [5.74, 6) is 0. The van der Waals surface area contributed by atoms with Gasteiger partial charge in [-0.1, -0.05) is 30.3 Å². The van der Waals surface area contributed by atoms with Gasteiger partial charge < -0.3 is 4.98 Å². The fraction of sp³-hybridized carbons (Fsp3) is 0.263. The van der Waals surface area contributed by atoms with Gasteiger partial charge in [0, 0.05) is 22.2 Å². The minimum absolute atomic E-state index is 0.122. The molecule has 0 saturated carbocycles. The maximum atomic E-state index is 12.8. The molecule has 5 heteroatoms. The highest BCUT2D eigenvalue weighted by atomic mass is 19.4. The van der Waals surface area contributed by atoms with Crippen LogP contribution in [0, 0.1) is 6.92 Å². The summed E-state index contributed by atoms with van der Waals surface area (Å²) in [5.41, 5.74) is 3.36. The largest absolute Gasteiger partial charge is 0.416 e. The Bertz CT molecular complexity index is 845. The Morgan fingerprint density at radius 3 is 2.17 bits per heavy atom. The van der Waals surface area contributed by atoms with Crippen LogP contribution in [0.25, 0.3) is 10.9 Å². The number of benzene rings is 2. The minimum atomic E-state index is -4.32. The Kier molecular flexibility index (Phi) is 4.13. The maximum absolute atomic E-state index is 12.8. The normalized spacial score (nSPS) is 13.6. The lowest BCUT2D eigenvalue weighted by Crippen LogP contribution is -2.21. The van der Waals surface area contributed by atoms with E-state index in [4.69, 9.17) is 0 Å². The maximum Gasteiger partial charge on any atom is 0.416 e. The van der Waals surface area contributed by atoms with Gasteiger partial charge in [0.05, 0.1) is 11.6 Å². The fourth-order valence-electron chi connectivity index (χ4n) is 3.23. The summed E-state index contributed by atoms with van der Waals surface area (Å²) in [6, 6.07) is 13.3. The summed E-state index contributed by atoms with van der Waals surface area (Å²) in [4.78, 5) is 5.38. The average molecular weight is 332 g/mol. The molecule has 0 spiro atoms. The van der Waals surface area contributed by atoms with Gasteiger partial charge in [0.1, 0.15) is 0 Å². The molecule has 0 aliphatic carbocycles. The van der Waals surface area contributed by atoms with E-state index >= 15 is 0 Å². The monoisotopic (exact) mass is 332 g/mol. The molecule has 1 heterocycles. The van der Waals surface area contributed by atoms with Crippen LogP contribution >= 0.6 is 0 Å². The van der Waals surface area contributed by atoms with Crippen LogP contribution in [0.15, 0.2) is 48.5 Å². The highest BCUT2D eigenvalue weighted by Gasteiger charge is 2.31. The third-order valence-electron chi connectivity index (χ3n) is 4.29. The van der Waals surface area contributed by atoms with E-state index in [2.05, 4.69) is 4.98 Å². The van der Waals surface area contributed by atoms with Crippen LogP contribution in [-0.2, 0) is 6.18 Å². The highest BCUT2D eigenvalue weighted by molar-refractivity contribution is 5.85. The van der Waals surface area contributed by atoms with Gasteiger partial charge in [-0.15, -0.1) is 0 Å². The number of fused-ring (bicyclic) bond motifs is 1. The van der Waals surface area contributed by atoms with Crippen LogP contribution in [0.4, 0.5) is 13.2 Å². The van der Waals surface area contributed by atoms with Crippen molar-refractivity contribution in [3.8, 4) is 0 Å². The number of H-pyrrole nitrogens is 1. The standard InChI is InChI=1S/C19H19F3N2/c1-12-17(15-6-4-5-7-16(15)23-12)18(24(2)3)13-8-10-14(11-9-13)19(20,21)22/h4-11,18,23H,1-3H3. The van der Waals surface area contributed by atoms with E-state index < -0.39 is 11.7 Å². The number of hydrogen-bond acceptors (Lipinski definition) is 1. The number of para-hydroxylation sites is 1. The molecule has 1 atom stereocenters. The third kappa shape index (κ3) is 2.91.